The highest BCUT2D eigenvalue weighted by Gasteiger charge is 2.46. The van der Waals surface area contributed by atoms with Crippen molar-refractivity contribution in [2.75, 3.05) is 51.3 Å². The quantitative estimate of drug-likeness (QED) is 0.265. The molecule has 1 atom stereocenters. The van der Waals surface area contributed by atoms with Gasteiger partial charge in [-0.15, -0.1) is 0 Å². The number of piperidine rings is 1. The Labute approximate surface area is 255 Å². The first kappa shape index (κ1) is 27.1. The Morgan fingerprint density at radius 1 is 1.18 bits per heavy atom. The second-order valence-electron chi connectivity index (χ2n) is 12.9. The molecule has 1 unspecified atom stereocenters. The van der Waals surface area contributed by atoms with Crippen LogP contribution < -0.4 is 9.64 Å². The molecule has 1 N–H and O–H groups in total. The number of anilines is 1. The van der Waals surface area contributed by atoms with Crippen molar-refractivity contribution >= 4 is 44.5 Å². The van der Waals surface area contributed by atoms with Gasteiger partial charge in [-0.2, -0.15) is 15.1 Å². The topological polar surface area (TPSA) is 104 Å². The van der Waals surface area contributed by atoms with Gasteiger partial charge in [0, 0.05) is 48.4 Å². The van der Waals surface area contributed by atoms with Crippen LogP contribution in [-0.2, 0) is 4.79 Å². The third-order valence-corrected chi connectivity index (χ3v) is 10.2. The van der Waals surface area contributed by atoms with Crippen LogP contribution in [0.3, 0.4) is 0 Å². The summed E-state index contributed by atoms with van der Waals surface area (Å²) in [5, 5.41) is 10.4. The summed E-state index contributed by atoms with van der Waals surface area (Å²) in [5.41, 5.74) is 6.05. The highest BCUT2D eigenvalue weighted by molar-refractivity contribution is 6.16. The molecular formula is C34H37N7O3. The van der Waals surface area contributed by atoms with Gasteiger partial charge < -0.3 is 23.9 Å². The number of benzene rings is 2. The van der Waals surface area contributed by atoms with E-state index in [0.717, 1.165) is 107 Å². The molecule has 2 aromatic carbocycles. The van der Waals surface area contributed by atoms with Crippen LogP contribution in [0, 0.1) is 12.3 Å². The van der Waals surface area contributed by atoms with Crippen molar-refractivity contribution in [1.82, 2.24) is 30.0 Å². The van der Waals surface area contributed by atoms with Gasteiger partial charge in [-0.1, -0.05) is 12.6 Å². The fourth-order valence-electron chi connectivity index (χ4n) is 7.60. The van der Waals surface area contributed by atoms with Gasteiger partial charge >= 0.3 is 6.01 Å². The van der Waals surface area contributed by atoms with Gasteiger partial charge in [-0.05, 0) is 87.2 Å². The van der Waals surface area contributed by atoms with E-state index >= 15 is 0 Å². The van der Waals surface area contributed by atoms with Gasteiger partial charge in [-0.25, -0.2) is 0 Å². The molecule has 10 nitrogen and oxygen atoms in total. The van der Waals surface area contributed by atoms with Crippen molar-refractivity contribution in [2.45, 2.75) is 38.6 Å². The molecule has 6 heterocycles. The van der Waals surface area contributed by atoms with E-state index in [1.54, 1.807) is 6.26 Å². The van der Waals surface area contributed by atoms with Crippen molar-refractivity contribution in [3.8, 4) is 17.1 Å². The van der Waals surface area contributed by atoms with Gasteiger partial charge in [0.05, 0.1) is 28.9 Å². The molecule has 0 radical (unpaired) electrons. The second-order valence-corrected chi connectivity index (χ2v) is 12.9. The number of ether oxygens (including phenoxy) is 1. The average Bonchev–Trinajstić information content (AvgIpc) is 3.79. The summed E-state index contributed by atoms with van der Waals surface area (Å²) < 4.78 is 12.6. The number of likely N-dealkylation sites (tertiary alicyclic amines) is 2. The van der Waals surface area contributed by atoms with Gasteiger partial charge in [0.15, 0.2) is 0 Å². The minimum absolute atomic E-state index is 0.0203. The maximum atomic E-state index is 12.1. The zero-order chi connectivity index (χ0) is 30.0. The number of likely N-dealkylation sites (N-methyl/N-ethyl adjacent to an activating group) is 1. The first-order valence-electron chi connectivity index (χ1n) is 15.6. The van der Waals surface area contributed by atoms with Gasteiger partial charge in [0.2, 0.25) is 5.91 Å². The number of aromatic nitrogens is 4. The van der Waals surface area contributed by atoms with Crippen LogP contribution in [0.25, 0.3) is 43.9 Å². The van der Waals surface area contributed by atoms with E-state index in [-0.39, 0.29) is 11.3 Å². The molecule has 226 valence electrons. The number of carbonyl (C=O) groups is 1. The lowest BCUT2D eigenvalue weighted by molar-refractivity contribution is -0.139. The maximum absolute atomic E-state index is 12.1. The predicted octanol–water partition coefficient (Wildman–Crippen LogP) is 5.32. The zero-order valence-corrected chi connectivity index (χ0v) is 25.3. The summed E-state index contributed by atoms with van der Waals surface area (Å²) in [6, 6.07) is 9.15. The van der Waals surface area contributed by atoms with Crippen LogP contribution in [0.2, 0.25) is 0 Å². The standard InChI is InChI=1S/C34H37N7O3/c1-4-28(42)41-19-34(20-41)10-13-40(14-11-34)32-30-27(36-33(37-32)44-18-22-6-5-12-39(22)3)16-24(23-9-15-43-31(23)30)29-21(2)7-8-26-25(29)17-35-38-26/h4,7-9,15-17,22H,1,5-6,10-14,18-20H2,2-3H3,(H,35,38). The lowest BCUT2D eigenvalue weighted by atomic mass is 9.72. The Morgan fingerprint density at radius 2 is 2.02 bits per heavy atom. The first-order valence-corrected chi connectivity index (χ1v) is 15.6. The van der Waals surface area contributed by atoms with E-state index in [0.29, 0.717) is 18.7 Å². The van der Waals surface area contributed by atoms with E-state index in [9.17, 15) is 4.79 Å². The molecule has 0 saturated carbocycles. The molecule has 0 bridgehead atoms. The fourth-order valence-corrected chi connectivity index (χ4v) is 7.60. The number of aromatic amines is 1. The first-order chi connectivity index (χ1) is 21.4. The molecule has 3 aliphatic rings. The Bertz CT molecular complexity index is 1910. The average molecular weight is 592 g/mol. The van der Waals surface area contributed by atoms with Crippen molar-refractivity contribution in [1.29, 1.82) is 0 Å². The molecule has 1 spiro atoms. The number of hydrogen-bond acceptors (Lipinski definition) is 8. The van der Waals surface area contributed by atoms with Gasteiger partial charge in [-0.3, -0.25) is 9.89 Å². The molecule has 1 amide bonds. The minimum atomic E-state index is 0.0203. The summed E-state index contributed by atoms with van der Waals surface area (Å²) in [5.74, 6) is 0.870. The largest absolute Gasteiger partial charge is 0.463 e. The van der Waals surface area contributed by atoms with Crippen molar-refractivity contribution in [2.24, 2.45) is 5.41 Å². The monoisotopic (exact) mass is 591 g/mol. The number of fused-ring (bicyclic) bond motifs is 4. The van der Waals surface area contributed by atoms with Gasteiger partial charge in [0.1, 0.15) is 18.0 Å². The number of aryl methyl sites for hydroxylation is 1. The highest BCUT2D eigenvalue weighted by atomic mass is 16.5. The molecule has 44 heavy (non-hydrogen) atoms. The molecule has 3 aromatic heterocycles. The lowest BCUT2D eigenvalue weighted by Gasteiger charge is -2.53. The van der Waals surface area contributed by atoms with Crippen molar-refractivity contribution in [3.05, 3.63) is 54.9 Å². The summed E-state index contributed by atoms with van der Waals surface area (Å²) in [7, 11) is 2.15. The second kappa shape index (κ2) is 10.3. The Balaban J connectivity index is 1.22. The molecule has 5 aromatic rings. The number of rotatable bonds is 6. The Hall–Kier alpha value is -4.44. The summed E-state index contributed by atoms with van der Waals surface area (Å²) in [6.07, 6.45) is 9.33. The summed E-state index contributed by atoms with van der Waals surface area (Å²) in [4.78, 5) is 28.8. The molecule has 3 saturated heterocycles. The van der Waals surface area contributed by atoms with E-state index in [1.165, 1.54) is 12.5 Å². The third-order valence-electron chi connectivity index (χ3n) is 10.2. The molecule has 3 aliphatic heterocycles. The van der Waals surface area contributed by atoms with Crippen LogP contribution in [0.1, 0.15) is 31.2 Å². The fraction of sp³-hybridized carbons (Fsp3) is 0.412. The van der Waals surface area contributed by atoms with Gasteiger partial charge in [0.25, 0.3) is 0 Å². The van der Waals surface area contributed by atoms with Crippen molar-refractivity contribution < 1.29 is 13.9 Å². The summed E-state index contributed by atoms with van der Waals surface area (Å²) >= 11 is 0. The van der Waals surface area contributed by atoms with Crippen molar-refractivity contribution in [3.63, 3.8) is 0 Å². The van der Waals surface area contributed by atoms with E-state index in [2.05, 4.69) is 58.7 Å². The van der Waals surface area contributed by atoms with Crippen LogP contribution in [0.5, 0.6) is 6.01 Å². The van der Waals surface area contributed by atoms with Crippen LogP contribution >= 0.6 is 0 Å². The number of carbonyl (C=O) groups excluding carboxylic acids is 1. The van der Waals surface area contributed by atoms with E-state index in [4.69, 9.17) is 19.1 Å². The lowest BCUT2D eigenvalue weighted by Crippen LogP contribution is -2.61. The van der Waals surface area contributed by atoms with E-state index < -0.39 is 0 Å². The summed E-state index contributed by atoms with van der Waals surface area (Å²) in [6.45, 7) is 10.7. The number of furan rings is 1. The SMILES string of the molecule is C=CC(=O)N1CC2(CCN(c3nc(OCC4CCCN4C)nc4cc(-c5c(C)ccc6[nH]ncc56)c5ccoc5c34)CC2)C1. The number of hydrogen-bond donors (Lipinski definition) is 1. The predicted molar refractivity (Wildman–Crippen MR) is 171 cm³/mol. The van der Waals surface area contributed by atoms with Crippen LogP contribution in [0.4, 0.5) is 5.82 Å². The molecular weight excluding hydrogens is 554 g/mol. The Kier molecular flexibility index (Phi) is 6.37. The highest BCUT2D eigenvalue weighted by Crippen LogP contribution is 2.45. The minimum Gasteiger partial charge on any atom is -0.463 e. The number of nitrogens with zero attached hydrogens (tertiary/aromatic N) is 6. The number of amides is 1. The Morgan fingerprint density at radius 3 is 2.80 bits per heavy atom. The normalized spacial score (nSPS) is 20.2. The maximum Gasteiger partial charge on any atom is 0.319 e. The van der Waals surface area contributed by atoms with E-state index in [1.807, 2.05) is 17.2 Å². The smallest absolute Gasteiger partial charge is 0.319 e. The van der Waals surface area contributed by atoms with Crippen LogP contribution in [0.15, 0.2) is 53.8 Å². The molecule has 0 aliphatic carbocycles. The van der Waals surface area contributed by atoms with Crippen LogP contribution in [-0.4, -0.2) is 88.3 Å². The number of nitrogens with one attached hydrogen (secondary N) is 1. The zero-order valence-electron chi connectivity index (χ0n) is 25.3. The number of H-pyrrole nitrogens is 1. The molecule has 3 fully saturated rings. The third kappa shape index (κ3) is 4.34. The molecule has 10 heteroatoms. The molecule has 8 rings (SSSR count).